The molecule has 3 atom stereocenters. The molecule has 3 aromatic carbocycles. The van der Waals surface area contributed by atoms with Crippen LogP contribution in [0.3, 0.4) is 0 Å². The number of para-hydroxylation sites is 1. The van der Waals surface area contributed by atoms with Gasteiger partial charge in [0.2, 0.25) is 17.7 Å². The lowest BCUT2D eigenvalue weighted by Crippen LogP contribution is -2.33. The van der Waals surface area contributed by atoms with Gasteiger partial charge in [-0.3, -0.25) is 23.7 Å². The fourth-order valence-electron chi connectivity index (χ4n) is 5.17. The smallest absolute Gasteiger partial charge is 0.308 e. The molecule has 1 saturated heterocycles. The number of amides is 3. The first-order valence-electron chi connectivity index (χ1n) is 12.2. The standard InChI is InChI=1S/C29H23N3O4S2/c1-17-9-8-12-19(15-17)30-21(33)16-31-28-25(38-29(31)36)22(18-10-4-2-5-11-18)23-24(37-28)27(35)32(26(23)34)20-13-6-3-7-14-20/h2-15,22-24H,16H2,1H3,(H,30,33)/t22-,23?,24?/m1/s1. The number of anilines is 2. The van der Waals surface area contributed by atoms with Gasteiger partial charge in [-0.2, -0.15) is 0 Å². The minimum atomic E-state index is -0.708. The molecular weight excluding hydrogens is 518 g/mol. The van der Waals surface area contributed by atoms with Crippen molar-refractivity contribution in [3.05, 3.63) is 111 Å². The highest BCUT2D eigenvalue weighted by molar-refractivity contribution is 8.00. The Morgan fingerprint density at radius 2 is 1.61 bits per heavy atom. The summed E-state index contributed by atoms with van der Waals surface area (Å²) in [4.78, 5) is 55.3. The second-order valence-electron chi connectivity index (χ2n) is 9.34. The Labute approximate surface area is 227 Å². The van der Waals surface area contributed by atoms with Crippen LogP contribution in [0, 0.1) is 12.8 Å². The number of imide groups is 1. The van der Waals surface area contributed by atoms with Crippen molar-refractivity contribution in [2.45, 2.75) is 29.7 Å². The molecule has 0 spiro atoms. The Kier molecular flexibility index (Phi) is 6.25. The average molecular weight is 542 g/mol. The van der Waals surface area contributed by atoms with Gasteiger partial charge in [0.25, 0.3) is 0 Å². The zero-order valence-electron chi connectivity index (χ0n) is 20.4. The number of thiazole rings is 1. The molecule has 7 nitrogen and oxygen atoms in total. The molecule has 2 aliphatic rings. The lowest BCUT2D eigenvalue weighted by Gasteiger charge is -2.30. The number of benzene rings is 3. The lowest BCUT2D eigenvalue weighted by molar-refractivity contribution is -0.122. The zero-order valence-corrected chi connectivity index (χ0v) is 22.0. The van der Waals surface area contributed by atoms with Crippen molar-refractivity contribution in [3.8, 4) is 0 Å². The van der Waals surface area contributed by atoms with Crippen LogP contribution >= 0.6 is 23.1 Å². The molecule has 190 valence electrons. The Hall–Kier alpha value is -3.95. The average Bonchev–Trinajstić information content (AvgIpc) is 3.35. The van der Waals surface area contributed by atoms with Crippen LogP contribution in [-0.2, 0) is 20.9 Å². The molecule has 1 N–H and O–H groups in total. The van der Waals surface area contributed by atoms with Crippen LogP contribution in [0.15, 0.2) is 94.7 Å². The molecule has 1 aromatic heterocycles. The number of carbonyl (C=O) groups excluding carboxylic acids is 3. The molecule has 2 aliphatic heterocycles. The lowest BCUT2D eigenvalue weighted by atomic mass is 9.83. The van der Waals surface area contributed by atoms with Crippen LogP contribution in [0.5, 0.6) is 0 Å². The first-order valence-corrected chi connectivity index (χ1v) is 13.9. The number of aromatic nitrogens is 1. The van der Waals surface area contributed by atoms with Crippen molar-refractivity contribution >= 4 is 52.2 Å². The van der Waals surface area contributed by atoms with E-state index in [9.17, 15) is 19.2 Å². The van der Waals surface area contributed by atoms with Crippen LogP contribution in [-0.4, -0.2) is 27.5 Å². The molecule has 38 heavy (non-hydrogen) atoms. The van der Waals surface area contributed by atoms with Gasteiger partial charge in [0.05, 0.1) is 16.6 Å². The Bertz CT molecular complexity index is 1610. The number of rotatable bonds is 5. The topological polar surface area (TPSA) is 88.5 Å². The van der Waals surface area contributed by atoms with Gasteiger partial charge in [-0.1, -0.05) is 83.8 Å². The van der Waals surface area contributed by atoms with Gasteiger partial charge in [-0.05, 0) is 42.3 Å². The normalized spacial score (nSPS) is 20.2. The fraction of sp³-hybridized carbons (Fsp3) is 0.172. The van der Waals surface area contributed by atoms with Gasteiger partial charge >= 0.3 is 4.87 Å². The molecule has 2 unspecified atom stereocenters. The summed E-state index contributed by atoms with van der Waals surface area (Å²) in [7, 11) is 0. The second-order valence-corrected chi connectivity index (χ2v) is 11.5. The molecule has 9 heteroatoms. The van der Waals surface area contributed by atoms with E-state index < -0.39 is 17.1 Å². The van der Waals surface area contributed by atoms with Crippen molar-refractivity contribution in [3.63, 3.8) is 0 Å². The number of nitrogens with one attached hydrogen (secondary N) is 1. The maximum Gasteiger partial charge on any atom is 0.308 e. The van der Waals surface area contributed by atoms with Gasteiger partial charge in [0.15, 0.2) is 0 Å². The van der Waals surface area contributed by atoms with E-state index in [0.717, 1.165) is 22.5 Å². The Morgan fingerprint density at radius 3 is 2.32 bits per heavy atom. The SMILES string of the molecule is Cc1cccc(NC(=O)Cn2c3c(sc2=O)[C@H](c2ccccc2)C2C(=O)N(c4ccccc4)C(=O)C2S3)c1. The number of hydrogen-bond donors (Lipinski definition) is 1. The highest BCUT2D eigenvalue weighted by atomic mass is 32.2. The van der Waals surface area contributed by atoms with E-state index >= 15 is 0 Å². The first-order chi connectivity index (χ1) is 18.4. The molecule has 3 amide bonds. The van der Waals surface area contributed by atoms with Crippen molar-refractivity contribution < 1.29 is 14.4 Å². The third-order valence-electron chi connectivity index (χ3n) is 6.83. The van der Waals surface area contributed by atoms with Crippen molar-refractivity contribution in [2.24, 2.45) is 5.92 Å². The summed E-state index contributed by atoms with van der Waals surface area (Å²) in [6, 6.07) is 25.9. The highest BCUT2D eigenvalue weighted by Gasteiger charge is 2.56. The van der Waals surface area contributed by atoms with Gasteiger partial charge in [0.1, 0.15) is 11.8 Å². The molecule has 0 bridgehead atoms. The maximum atomic E-state index is 13.8. The summed E-state index contributed by atoms with van der Waals surface area (Å²) in [6.45, 7) is 1.75. The quantitative estimate of drug-likeness (QED) is 0.372. The minimum Gasteiger partial charge on any atom is -0.325 e. The minimum absolute atomic E-state index is 0.185. The third-order valence-corrected chi connectivity index (χ3v) is 9.43. The monoisotopic (exact) mass is 541 g/mol. The summed E-state index contributed by atoms with van der Waals surface area (Å²) < 4.78 is 1.44. The first kappa shape index (κ1) is 24.4. The van der Waals surface area contributed by atoms with E-state index in [0.29, 0.717) is 21.3 Å². The van der Waals surface area contributed by atoms with Gasteiger partial charge in [-0.15, -0.1) is 0 Å². The number of hydrogen-bond acceptors (Lipinski definition) is 6. The van der Waals surface area contributed by atoms with Crippen LogP contribution in [0.2, 0.25) is 0 Å². The molecule has 3 heterocycles. The largest absolute Gasteiger partial charge is 0.325 e. The van der Waals surface area contributed by atoms with Crippen LogP contribution in [0.4, 0.5) is 11.4 Å². The summed E-state index contributed by atoms with van der Waals surface area (Å²) in [5.74, 6) is -2.05. The zero-order chi connectivity index (χ0) is 26.4. The maximum absolute atomic E-state index is 13.8. The van der Waals surface area contributed by atoms with Gasteiger partial charge in [-0.25, -0.2) is 4.90 Å². The van der Waals surface area contributed by atoms with Crippen molar-refractivity contribution in [1.82, 2.24) is 4.57 Å². The predicted molar refractivity (Wildman–Crippen MR) is 149 cm³/mol. The van der Waals surface area contributed by atoms with Gasteiger partial charge < -0.3 is 5.32 Å². The van der Waals surface area contributed by atoms with E-state index in [1.165, 1.54) is 21.2 Å². The van der Waals surface area contributed by atoms with E-state index in [1.807, 2.05) is 61.5 Å². The Balaban J connectivity index is 1.40. The third kappa shape index (κ3) is 4.17. The van der Waals surface area contributed by atoms with E-state index in [2.05, 4.69) is 5.32 Å². The summed E-state index contributed by atoms with van der Waals surface area (Å²) in [5.41, 5.74) is 3.05. The highest BCUT2D eigenvalue weighted by Crippen LogP contribution is 2.53. The van der Waals surface area contributed by atoms with Crippen LogP contribution < -0.4 is 15.1 Å². The number of carbonyl (C=O) groups is 3. The van der Waals surface area contributed by atoms with Crippen molar-refractivity contribution in [1.29, 1.82) is 0 Å². The Morgan fingerprint density at radius 1 is 0.895 bits per heavy atom. The number of fused-ring (bicyclic) bond motifs is 2. The van der Waals surface area contributed by atoms with Crippen molar-refractivity contribution in [2.75, 3.05) is 10.2 Å². The number of aryl methyl sites for hydroxylation is 1. The van der Waals surface area contributed by atoms with E-state index in [-0.39, 0.29) is 29.1 Å². The van der Waals surface area contributed by atoms with E-state index in [1.54, 1.807) is 30.3 Å². The molecule has 0 radical (unpaired) electrons. The van der Waals surface area contributed by atoms with Crippen LogP contribution in [0.1, 0.15) is 21.9 Å². The summed E-state index contributed by atoms with van der Waals surface area (Å²) in [5, 5.41) is 2.72. The predicted octanol–water partition coefficient (Wildman–Crippen LogP) is 4.65. The molecular formula is C29H23N3O4S2. The number of nitrogens with zero attached hydrogens (tertiary/aromatic N) is 2. The summed E-state index contributed by atoms with van der Waals surface area (Å²) in [6.07, 6.45) is 0. The molecule has 6 rings (SSSR count). The second kappa shape index (κ2) is 9.74. The number of thioether (sulfide) groups is 1. The molecule has 0 saturated carbocycles. The van der Waals surface area contributed by atoms with Crippen LogP contribution in [0.25, 0.3) is 0 Å². The van der Waals surface area contributed by atoms with Gasteiger partial charge in [0, 0.05) is 16.5 Å². The molecule has 1 fully saturated rings. The molecule has 0 aliphatic carbocycles. The van der Waals surface area contributed by atoms with E-state index in [4.69, 9.17) is 0 Å². The summed E-state index contributed by atoms with van der Waals surface area (Å²) >= 11 is 2.26. The molecule has 4 aromatic rings. The fourth-order valence-corrected chi connectivity index (χ4v) is 7.95.